The highest BCUT2D eigenvalue weighted by Gasteiger charge is 2.59. The molecule has 0 bridgehead atoms. The molecule has 7 rings (SSSR count). The van der Waals surface area contributed by atoms with E-state index in [1.165, 1.54) is 161 Å². The van der Waals surface area contributed by atoms with Crippen LogP contribution in [0.15, 0.2) is 0 Å². The SMILES string of the molecule is CCCCCCCCCCCCCCCCOC[C@H](CCC(=O)CC1(CC(=O)NCCCCCO[C@H]2OC(CO)[C@@H](O[C@@H]3OC(CO)[C@H](O[C@H]4OC(CO)[C@H](O)[C@H](O[C@@H]5OC(CO)[C@H](O)[C@H](O[C@@H]6OC(CO)[C@H](O)[C@H](O)C6O[C@@H]6OC(C)[C@@H](O)[C@H](O)C6O)C5NC(C)=O)C4O)[C@H](O)C3O)[C@H](O)C2O)CCCCC1)OCCCCCCCCCCCCCCCC. The number of ether oxygens (including phenoxy) is 14. The van der Waals surface area contributed by atoms with Crippen molar-refractivity contribution in [2.24, 2.45) is 5.41 Å². The van der Waals surface area contributed by atoms with Gasteiger partial charge in [-0.25, -0.2) is 0 Å². The predicted octanol–water partition coefficient (Wildman–Crippen LogP) is 2.83. The van der Waals surface area contributed by atoms with Crippen molar-refractivity contribution in [3.63, 3.8) is 0 Å². The standard InChI is InChI=1S/C89H162N2O34/c1-5-7-9-11-13-15-17-19-21-23-25-27-29-36-44-112-54-58(113-45-37-30-28-26-24-22-20-18-16-14-12-10-8-6-2)40-39-57(98)47-89(41-33-31-34-42-89)48-64(99)90-43-35-32-38-46-114-84-75(109)72(106)78(62(52-95)119-84)121-86-76(110)73(107)79(63(53-96)120-86)122-87-77(111)81(69(103)61(51-94)117-87)124-83-65(91-56(4)97)80(68(102)60(50-93)116-83)123-88-82(71(105)67(101)59(49-92)118-88)125-85-74(108)70(104)66(100)55(3)115-85/h55,58-63,65-88,92-96,100-111H,5-54H2,1-4H3,(H,90,99)(H,91,97)/t55?,58-,59?,60?,61?,62?,63?,65?,66+,67-,68-,69-,70-,71-,72+,73+,74?,75?,76?,77?,78+,79-,80+,81-,82?,83-,84-,85-,86-,87+,88-/m0/s1. The Morgan fingerprint density at radius 2 is 0.776 bits per heavy atom. The van der Waals surface area contributed by atoms with Crippen LogP contribution in [0.2, 0.25) is 0 Å². The Labute approximate surface area is 738 Å². The molecule has 6 aliphatic heterocycles. The van der Waals surface area contributed by atoms with Gasteiger partial charge in [-0.1, -0.05) is 200 Å². The lowest BCUT2D eigenvalue weighted by atomic mass is 9.68. The molecule has 125 heavy (non-hydrogen) atoms. The van der Waals surface area contributed by atoms with E-state index in [0.29, 0.717) is 64.9 Å². The highest BCUT2D eigenvalue weighted by Crippen LogP contribution is 2.44. The number of hydrogen-bond acceptors (Lipinski definition) is 34. The summed E-state index contributed by atoms with van der Waals surface area (Å²) in [6, 6.07) is -1.81. The normalized spacial score (nSPS) is 35.4. The summed E-state index contributed by atoms with van der Waals surface area (Å²) in [5, 5.41) is 193. The number of nitrogens with one attached hydrogen (secondary N) is 2. The summed E-state index contributed by atoms with van der Waals surface area (Å²) in [6.45, 7) is 4.13. The van der Waals surface area contributed by atoms with Crippen LogP contribution in [0.1, 0.15) is 285 Å². The summed E-state index contributed by atoms with van der Waals surface area (Å²) >= 11 is 0. The molecule has 1 aliphatic carbocycles. The first-order valence-corrected chi connectivity index (χ1v) is 47.6. The lowest BCUT2D eigenvalue weighted by Gasteiger charge is -2.51. The van der Waals surface area contributed by atoms with Gasteiger partial charge in [0.05, 0.1) is 51.8 Å². The van der Waals surface area contributed by atoms with Crippen molar-refractivity contribution < 1.29 is 168 Å². The molecule has 19 N–H and O–H groups in total. The van der Waals surface area contributed by atoms with Crippen molar-refractivity contribution in [3.8, 4) is 0 Å². The number of rotatable bonds is 63. The van der Waals surface area contributed by atoms with Crippen molar-refractivity contribution in [3.05, 3.63) is 0 Å². The lowest BCUT2D eigenvalue weighted by molar-refractivity contribution is -0.393. The molecule has 36 heteroatoms. The van der Waals surface area contributed by atoms with Gasteiger partial charge in [-0.3, -0.25) is 14.4 Å². The molecule has 6 saturated heterocycles. The van der Waals surface area contributed by atoms with Crippen LogP contribution in [0.4, 0.5) is 0 Å². The molecule has 1 saturated carbocycles. The van der Waals surface area contributed by atoms with Crippen LogP contribution in [0.5, 0.6) is 0 Å². The maximum absolute atomic E-state index is 14.0. The molecule has 0 radical (unpaired) electrons. The first-order chi connectivity index (χ1) is 60.3. The molecule has 732 valence electrons. The van der Waals surface area contributed by atoms with Gasteiger partial charge < -0.3 is 164 Å². The molecule has 0 spiro atoms. The van der Waals surface area contributed by atoms with Gasteiger partial charge in [0.1, 0.15) is 146 Å². The van der Waals surface area contributed by atoms with Gasteiger partial charge >= 0.3 is 0 Å². The van der Waals surface area contributed by atoms with Crippen molar-refractivity contribution >= 4 is 17.6 Å². The van der Waals surface area contributed by atoms with Gasteiger partial charge in [-0.2, -0.15) is 0 Å². The molecule has 0 aromatic heterocycles. The lowest BCUT2D eigenvalue weighted by Crippen LogP contribution is -2.70. The van der Waals surface area contributed by atoms with Crippen LogP contribution < -0.4 is 10.6 Å². The third kappa shape index (κ3) is 35.3. The number of aliphatic hydroxyl groups is 17. The summed E-state index contributed by atoms with van der Waals surface area (Å²) in [5.41, 5.74) is -0.424. The summed E-state index contributed by atoms with van der Waals surface area (Å²) in [5.74, 6) is -0.838. The van der Waals surface area contributed by atoms with Gasteiger partial charge in [0, 0.05) is 52.6 Å². The molecular weight excluding hydrogens is 1640 g/mol. The van der Waals surface area contributed by atoms with E-state index in [9.17, 15) is 101 Å². The number of aliphatic hydroxyl groups excluding tert-OH is 17. The van der Waals surface area contributed by atoms with Crippen molar-refractivity contribution in [2.45, 2.75) is 475 Å². The van der Waals surface area contributed by atoms with E-state index < -0.39 is 229 Å². The fourth-order valence-corrected chi connectivity index (χ4v) is 18.1. The third-order valence-corrected chi connectivity index (χ3v) is 25.8. The first kappa shape index (κ1) is 109. The summed E-state index contributed by atoms with van der Waals surface area (Å²) in [4.78, 5) is 40.7. The number of hydrogen-bond donors (Lipinski definition) is 19. The minimum absolute atomic E-state index is 0.0103. The average Bonchev–Trinajstić information content (AvgIpc) is 0.764. The summed E-state index contributed by atoms with van der Waals surface area (Å²) < 4.78 is 83.2. The maximum Gasteiger partial charge on any atom is 0.220 e. The predicted molar refractivity (Wildman–Crippen MR) is 450 cm³/mol. The molecule has 12 unspecified atom stereocenters. The molecule has 0 aromatic carbocycles. The number of unbranched alkanes of at least 4 members (excludes halogenated alkanes) is 28. The number of ketones is 1. The molecule has 36 nitrogen and oxygen atoms in total. The Morgan fingerprint density at radius 1 is 0.376 bits per heavy atom. The molecule has 0 aromatic rings. The van der Waals surface area contributed by atoms with E-state index in [1.807, 2.05) is 0 Å². The van der Waals surface area contributed by atoms with E-state index in [0.717, 1.165) is 64.7 Å². The maximum atomic E-state index is 14.0. The van der Waals surface area contributed by atoms with Crippen LogP contribution >= 0.6 is 0 Å². The number of Topliss-reactive ketones (excluding diaryl/α,β-unsaturated/α-hetero) is 1. The fraction of sp³-hybridized carbons (Fsp3) is 0.966. The Bertz CT molecular complexity index is 2850. The minimum Gasteiger partial charge on any atom is -0.394 e. The quantitative estimate of drug-likeness (QED) is 0.0389. The molecule has 31 atom stereocenters. The summed E-state index contributed by atoms with van der Waals surface area (Å²) in [6.07, 6.45) is -10.8. The van der Waals surface area contributed by atoms with Crippen LogP contribution in [0.3, 0.4) is 0 Å². The second-order valence-corrected chi connectivity index (χ2v) is 36.0. The highest BCUT2D eigenvalue weighted by atomic mass is 16.8. The molecule has 7 aliphatic rings. The molecule has 2 amide bonds. The van der Waals surface area contributed by atoms with Gasteiger partial charge in [0.2, 0.25) is 11.8 Å². The minimum atomic E-state index is -2.24. The Balaban J connectivity index is 0.851. The Kier molecular flexibility index (Phi) is 52.4. The van der Waals surface area contributed by atoms with E-state index in [4.69, 9.17) is 66.3 Å². The highest BCUT2D eigenvalue weighted by molar-refractivity contribution is 5.81. The topological polar surface area (TPSA) is 548 Å². The van der Waals surface area contributed by atoms with Crippen molar-refractivity contribution in [1.29, 1.82) is 0 Å². The van der Waals surface area contributed by atoms with E-state index in [1.54, 1.807) is 0 Å². The van der Waals surface area contributed by atoms with E-state index in [2.05, 4.69) is 24.5 Å². The largest absolute Gasteiger partial charge is 0.394 e. The zero-order valence-electron chi connectivity index (χ0n) is 74.8. The van der Waals surface area contributed by atoms with Crippen molar-refractivity contribution in [1.82, 2.24) is 10.6 Å². The zero-order chi connectivity index (χ0) is 90.8. The van der Waals surface area contributed by atoms with E-state index >= 15 is 0 Å². The van der Waals surface area contributed by atoms with Crippen LogP contribution in [0, 0.1) is 5.41 Å². The van der Waals surface area contributed by atoms with Gasteiger partial charge in [-0.15, -0.1) is 0 Å². The van der Waals surface area contributed by atoms with E-state index in [-0.39, 0.29) is 30.8 Å². The van der Waals surface area contributed by atoms with Gasteiger partial charge in [-0.05, 0) is 63.7 Å². The smallest absolute Gasteiger partial charge is 0.220 e. The fourth-order valence-electron chi connectivity index (χ4n) is 18.1. The van der Waals surface area contributed by atoms with Crippen molar-refractivity contribution in [2.75, 3.05) is 66.0 Å². The first-order valence-electron chi connectivity index (χ1n) is 47.6. The number of carbonyl (C=O) groups is 3. The Hall–Kier alpha value is -2.63. The molecule has 6 heterocycles. The Morgan fingerprint density at radius 3 is 1.30 bits per heavy atom. The zero-order valence-corrected chi connectivity index (χ0v) is 74.8. The second kappa shape index (κ2) is 59.9. The number of amides is 2. The summed E-state index contributed by atoms with van der Waals surface area (Å²) in [7, 11) is 0. The van der Waals surface area contributed by atoms with Crippen LogP contribution in [-0.4, -0.2) is 361 Å². The van der Waals surface area contributed by atoms with Crippen LogP contribution in [-0.2, 0) is 80.7 Å². The average molecular weight is 1800 g/mol. The second-order valence-electron chi connectivity index (χ2n) is 36.0. The monoisotopic (exact) mass is 1800 g/mol. The van der Waals surface area contributed by atoms with Gasteiger partial charge in [0.15, 0.2) is 37.7 Å². The number of carbonyl (C=O) groups excluding carboxylic acids is 3. The molecular formula is C89H162N2O34. The third-order valence-electron chi connectivity index (χ3n) is 25.8. The van der Waals surface area contributed by atoms with Gasteiger partial charge in [0.25, 0.3) is 0 Å². The van der Waals surface area contributed by atoms with Crippen LogP contribution in [0.25, 0.3) is 0 Å². The molecule has 7 fully saturated rings.